The molecule has 0 atom stereocenters. The Morgan fingerprint density at radius 3 is 2.24 bits per heavy atom. The summed E-state index contributed by atoms with van der Waals surface area (Å²) >= 11 is 0. The van der Waals surface area contributed by atoms with E-state index >= 15 is 0 Å². The van der Waals surface area contributed by atoms with E-state index in [1.54, 1.807) is 24.3 Å². The second kappa shape index (κ2) is 8.61. The SMILES string of the molecule is O=C(OCc1cccc(Oc2ccc([N+](=O)[O-])cc2)c1)c1ccccc1[N+](=O)[O-]. The second-order valence-electron chi connectivity index (χ2n) is 5.85. The summed E-state index contributed by atoms with van der Waals surface area (Å²) in [6.07, 6.45) is 0. The van der Waals surface area contributed by atoms with Gasteiger partial charge < -0.3 is 9.47 Å². The van der Waals surface area contributed by atoms with Crippen molar-refractivity contribution in [2.24, 2.45) is 0 Å². The van der Waals surface area contributed by atoms with Crippen LogP contribution in [0.2, 0.25) is 0 Å². The van der Waals surface area contributed by atoms with Gasteiger partial charge in [0.05, 0.1) is 9.85 Å². The first-order chi connectivity index (χ1) is 13.9. The van der Waals surface area contributed by atoms with Gasteiger partial charge in [-0.25, -0.2) is 4.79 Å². The Morgan fingerprint density at radius 2 is 1.55 bits per heavy atom. The van der Waals surface area contributed by atoms with Gasteiger partial charge in [-0.15, -0.1) is 0 Å². The number of para-hydroxylation sites is 1. The van der Waals surface area contributed by atoms with Crippen LogP contribution < -0.4 is 4.74 Å². The zero-order valence-corrected chi connectivity index (χ0v) is 14.9. The number of nitrogens with zero attached hydrogens (tertiary/aromatic N) is 2. The van der Waals surface area contributed by atoms with Crippen LogP contribution in [0, 0.1) is 20.2 Å². The molecule has 0 spiro atoms. The summed E-state index contributed by atoms with van der Waals surface area (Å²) in [6, 6.07) is 17.8. The number of rotatable bonds is 7. The van der Waals surface area contributed by atoms with Crippen LogP contribution in [0.1, 0.15) is 15.9 Å². The molecule has 0 saturated carbocycles. The Balaban J connectivity index is 1.66. The number of hydrogen-bond acceptors (Lipinski definition) is 7. The molecule has 0 fully saturated rings. The third-order valence-electron chi connectivity index (χ3n) is 3.87. The van der Waals surface area contributed by atoms with Crippen molar-refractivity contribution in [3.8, 4) is 11.5 Å². The number of nitro groups is 2. The van der Waals surface area contributed by atoms with E-state index in [-0.39, 0.29) is 23.5 Å². The average Bonchev–Trinajstić information content (AvgIpc) is 2.72. The molecule has 0 unspecified atom stereocenters. The van der Waals surface area contributed by atoms with Crippen molar-refractivity contribution in [2.75, 3.05) is 0 Å². The number of benzene rings is 3. The Hall–Kier alpha value is -4.27. The minimum atomic E-state index is -0.806. The summed E-state index contributed by atoms with van der Waals surface area (Å²) in [6.45, 7) is -0.109. The number of esters is 1. The van der Waals surface area contributed by atoms with Crippen LogP contribution in [0.25, 0.3) is 0 Å². The molecule has 0 aliphatic heterocycles. The summed E-state index contributed by atoms with van der Waals surface area (Å²) in [4.78, 5) is 32.8. The highest BCUT2D eigenvalue weighted by atomic mass is 16.6. The molecule has 9 nitrogen and oxygen atoms in total. The zero-order chi connectivity index (χ0) is 20.8. The molecule has 0 saturated heterocycles. The van der Waals surface area contributed by atoms with Gasteiger partial charge in [-0.1, -0.05) is 24.3 Å². The van der Waals surface area contributed by atoms with Crippen molar-refractivity contribution in [3.05, 3.63) is 104 Å². The zero-order valence-electron chi connectivity index (χ0n) is 14.9. The molecular formula is C20H14N2O7. The van der Waals surface area contributed by atoms with Crippen LogP contribution in [-0.2, 0) is 11.3 Å². The molecule has 0 amide bonds. The number of ether oxygens (including phenoxy) is 2. The van der Waals surface area contributed by atoms with E-state index in [1.165, 1.54) is 48.5 Å². The molecule has 3 aromatic carbocycles. The number of hydrogen-bond donors (Lipinski definition) is 0. The first-order valence-electron chi connectivity index (χ1n) is 8.36. The fourth-order valence-corrected chi connectivity index (χ4v) is 2.50. The van der Waals surface area contributed by atoms with E-state index in [2.05, 4.69) is 0 Å². The van der Waals surface area contributed by atoms with E-state index < -0.39 is 15.8 Å². The Bertz CT molecular complexity index is 1060. The Kier molecular flexibility index (Phi) is 5.79. The van der Waals surface area contributed by atoms with Gasteiger partial charge in [0.25, 0.3) is 11.4 Å². The molecule has 0 aromatic heterocycles. The molecule has 0 bridgehead atoms. The van der Waals surface area contributed by atoms with E-state index in [4.69, 9.17) is 9.47 Å². The summed E-state index contributed by atoms with van der Waals surface area (Å²) in [7, 11) is 0. The molecule has 3 rings (SSSR count). The quantitative estimate of drug-likeness (QED) is 0.325. The van der Waals surface area contributed by atoms with Crippen molar-refractivity contribution in [3.63, 3.8) is 0 Å². The Labute approximate surface area is 164 Å². The predicted molar refractivity (Wildman–Crippen MR) is 102 cm³/mol. The summed E-state index contributed by atoms with van der Waals surface area (Å²) in [5, 5.41) is 21.7. The van der Waals surface area contributed by atoms with E-state index in [9.17, 15) is 25.0 Å². The lowest BCUT2D eigenvalue weighted by Crippen LogP contribution is -2.08. The van der Waals surface area contributed by atoms with Crippen LogP contribution in [0.5, 0.6) is 11.5 Å². The van der Waals surface area contributed by atoms with E-state index in [0.29, 0.717) is 17.1 Å². The number of non-ortho nitro benzene ring substituents is 1. The van der Waals surface area contributed by atoms with E-state index in [1.807, 2.05) is 0 Å². The molecule has 29 heavy (non-hydrogen) atoms. The van der Waals surface area contributed by atoms with Gasteiger partial charge in [-0.3, -0.25) is 20.2 Å². The van der Waals surface area contributed by atoms with Crippen molar-refractivity contribution in [1.29, 1.82) is 0 Å². The maximum Gasteiger partial charge on any atom is 0.345 e. The first-order valence-corrected chi connectivity index (χ1v) is 8.36. The first kappa shape index (κ1) is 19.5. The number of nitro benzene ring substituents is 2. The third-order valence-corrected chi connectivity index (χ3v) is 3.87. The molecule has 0 radical (unpaired) electrons. The molecule has 3 aromatic rings. The van der Waals surface area contributed by atoms with Crippen molar-refractivity contribution >= 4 is 17.3 Å². The van der Waals surface area contributed by atoms with Crippen molar-refractivity contribution < 1.29 is 24.1 Å². The molecule has 146 valence electrons. The monoisotopic (exact) mass is 394 g/mol. The average molecular weight is 394 g/mol. The molecular weight excluding hydrogens is 380 g/mol. The standard InChI is InChI=1S/C20H14N2O7/c23-20(18-6-1-2-7-19(18)22(26)27)28-13-14-4-3-5-17(12-14)29-16-10-8-15(9-11-16)21(24)25/h1-12H,13H2. The van der Waals surface area contributed by atoms with Gasteiger partial charge in [0.1, 0.15) is 23.7 Å². The summed E-state index contributed by atoms with van der Waals surface area (Å²) < 4.78 is 10.8. The van der Waals surface area contributed by atoms with Gasteiger partial charge >= 0.3 is 5.97 Å². The predicted octanol–water partition coefficient (Wildman–Crippen LogP) is 4.65. The third kappa shape index (κ3) is 4.92. The van der Waals surface area contributed by atoms with Gasteiger partial charge in [0, 0.05) is 18.2 Å². The molecule has 9 heteroatoms. The minimum absolute atomic E-state index is 0.0481. The lowest BCUT2D eigenvalue weighted by Gasteiger charge is -2.09. The number of carbonyl (C=O) groups excluding carboxylic acids is 1. The fourth-order valence-electron chi connectivity index (χ4n) is 2.50. The Morgan fingerprint density at radius 1 is 0.828 bits per heavy atom. The van der Waals surface area contributed by atoms with Crippen LogP contribution in [-0.4, -0.2) is 15.8 Å². The number of carbonyl (C=O) groups is 1. The summed E-state index contributed by atoms with van der Waals surface area (Å²) in [5.74, 6) is 0.0433. The maximum absolute atomic E-state index is 12.2. The van der Waals surface area contributed by atoms with Crippen molar-refractivity contribution in [1.82, 2.24) is 0 Å². The van der Waals surface area contributed by atoms with Gasteiger partial charge in [-0.05, 0) is 35.9 Å². The van der Waals surface area contributed by atoms with Crippen molar-refractivity contribution in [2.45, 2.75) is 6.61 Å². The smallest absolute Gasteiger partial charge is 0.345 e. The van der Waals surface area contributed by atoms with Gasteiger partial charge in [0.15, 0.2) is 0 Å². The maximum atomic E-state index is 12.2. The largest absolute Gasteiger partial charge is 0.457 e. The molecule has 0 aliphatic rings. The topological polar surface area (TPSA) is 122 Å². The van der Waals surface area contributed by atoms with Crippen LogP contribution in [0.4, 0.5) is 11.4 Å². The van der Waals surface area contributed by atoms with E-state index in [0.717, 1.165) is 0 Å². The molecule has 0 N–H and O–H groups in total. The summed E-state index contributed by atoms with van der Waals surface area (Å²) in [5.41, 5.74) is 0.105. The van der Waals surface area contributed by atoms with Crippen LogP contribution in [0.3, 0.4) is 0 Å². The lowest BCUT2D eigenvalue weighted by molar-refractivity contribution is -0.385. The second-order valence-corrected chi connectivity index (χ2v) is 5.85. The lowest BCUT2D eigenvalue weighted by atomic mass is 10.2. The highest BCUT2D eigenvalue weighted by molar-refractivity contribution is 5.93. The molecule has 0 heterocycles. The highest BCUT2D eigenvalue weighted by Gasteiger charge is 2.20. The van der Waals surface area contributed by atoms with Crippen LogP contribution >= 0.6 is 0 Å². The minimum Gasteiger partial charge on any atom is -0.457 e. The van der Waals surface area contributed by atoms with Gasteiger partial charge in [-0.2, -0.15) is 0 Å². The highest BCUT2D eigenvalue weighted by Crippen LogP contribution is 2.25. The normalized spacial score (nSPS) is 10.2. The fraction of sp³-hybridized carbons (Fsp3) is 0.0500. The van der Waals surface area contributed by atoms with Crippen LogP contribution in [0.15, 0.2) is 72.8 Å². The molecule has 0 aliphatic carbocycles. The van der Waals surface area contributed by atoms with Gasteiger partial charge in [0.2, 0.25) is 0 Å².